The summed E-state index contributed by atoms with van der Waals surface area (Å²) in [5, 5.41) is 21.3. The number of nitrogens with one attached hydrogen (secondary N) is 1. The second-order valence-electron chi connectivity index (χ2n) is 9.56. The van der Waals surface area contributed by atoms with Crippen LogP contribution in [0.15, 0.2) is 12.1 Å². The van der Waals surface area contributed by atoms with Gasteiger partial charge in [-0.2, -0.15) is 13.2 Å². The van der Waals surface area contributed by atoms with E-state index in [9.17, 15) is 37.0 Å². The molecular formula is C22H25ClF5N3O3. The molecule has 0 radical (unpaired) electrons. The fourth-order valence-corrected chi connectivity index (χ4v) is 5.28. The average molecular weight is 510 g/mol. The van der Waals surface area contributed by atoms with Crippen molar-refractivity contribution < 1.29 is 37.0 Å². The zero-order chi connectivity index (χ0) is 24.9. The van der Waals surface area contributed by atoms with Crippen LogP contribution in [-0.4, -0.2) is 50.7 Å². The highest BCUT2D eigenvalue weighted by Gasteiger charge is 2.44. The molecule has 0 aliphatic heterocycles. The first kappa shape index (κ1) is 25.1. The van der Waals surface area contributed by atoms with E-state index < -0.39 is 29.1 Å². The van der Waals surface area contributed by atoms with Gasteiger partial charge < -0.3 is 15.5 Å². The number of aromatic nitrogens is 2. The predicted molar refractivity (Wildman–Crippen MR) is 113 cm³/mol. The second kappa shape index (κ2) is 8.91. The van der Waals surface area contributed by atoms with Gasteiger partial charge in [-0.3, -0.25) is 9.20 Å². The van der Waals surface area contributed by atoms with Crippen molar-refractivity contribution in [1.29, 1.82) is 0 Å². The molecule has 0 spiro atoms. The van der Waals surface area contributed by atoms with Gasteiger partial charge in [0.05, 0.1) is 18.9 Å². The third-order valence-electron chi connectivity index (χ3n) is 6.99. The molecule has 2 aliphatic carbocycles. The third-order valence-corrected chi connectivity index (χ3v) is 7.26. The van der Waals surface area contributed by atoms with E-state index in [4.69, 9.17) is 11.6 Å². The lowest BCUT2D eigenvalue weighted by molar-refractivity contribution is -0.141. The Morgan fingerprint density at radius 2 is 1.79 bits per heavy atom. The lowest BCUT2D eigenvalue weighted by Gasteiger charge is -2.45. The van der Waals surface area contributed by atoms with Crippen molar-refractivity contribution in [3.05, 3.63) is 34.2 Å². The van der Waals surface area contributed by atoms with Gasteiger partial charge >= 0.3 is 6.18 Å². The second-order valence-corrected chi connectivity index (χ2v) is 9.95. The standard InChI is InChI=1S/C22H25ClF5N3O3/c23-16-6-13(19(34)29-14-8-20(9-14,10-32)11-33)7-17-30-18(22(26,27)28)15(31(16)17)5-12-1-3-21(24,25)4-2-12/h6-7,12,14,32-33H,1-5,8-11H2,(H,29,34). The van der Waals surface area contributed by atoms with Crippen LogP contribution in [0.4, 0.5) is 22.0 Å². The van der Waals surface area contributed by atoms with E-state index in [2.05, 4.69) is 10.3 Å². The molecule has 2 aromatic heterocycles. The highest BCUT2D eigenvalue weighted by molar-refractivity contribution is 6.30. The Bertz CT molecular complexity index is 1070. The van der Waals surface area contributed by atoms with Gasteiger partial charge in [0.25, 0.3) is 5.91 Å². The summed E-state index contributed by atoms with van der Waals surface area (Å²) >= 11 is 6.30. The van der Waals surface area contributed by atoms with Gasteiger partial charge in [0.2, 0.25) is 5.92 Å². The Hall–Kier alpha value is -1.98. The highest BCUT2D eigenvalue weighted by atomic mass is 35.5. The zero-order valence-electron chi connectivity index (χ0n) is 18.1. The van der Waals surface area contributed by atoms with Crippen molar-refractivity contribution >= 4 is 23.2 Å². The van der Waals surface area contributed by atoms with Crippen molar-refractivity contribution in [3.8, 4) is 0 Å². The van der Waals surface area contributed by atoms with E-state index in [1.165, 1.54) is 12.1 Å². The van der Waals surface area contributed by atoms with Gasteiger partial charge in [-0.1, -0.05) is 11.6 Å². The molecule has 0 aromatic carbocycles. The SMILES string of the molecule is O=C(NC1CC(CO)(CO)C1)c1cc(Cl)n2c(CC3CCC(F)(F)CC3)c(C(F)(F)F)nc2c1. The largest absolute Gasteiger partial charge is 0.435 e. The molecule has 3 N–H and O–H groups in total. The summed E-state index contributed by atoms with van der Waals surface area (Å²) in [5.74, 6) is -3.72. The number of aliphatic hydroxyl groups is 2. The van der Waals surface area contributed by atoms with Gasteiger partial charge in [0.15, 0.2) is 5.69 Å². The Labute approximate surface area is 197 Å². The van der Waals surface area contributed by atoms with Gasteiger partial charge in [-0.25, -0.2) is 13.8 Å². The number of amides is 1. The fourth-order valence-electron chi connectivity index (χ4n) is 4.97. The van der Waals surface area contributed by atoms with Gasteiger partial charge in [0.1, 0.15) is 10.8 Å². The van der Waals surface area contributed by atoms with Crippen molar-refractivity contribution in [2.75, 3.05) is 13.2 Å². The first-order chi connectivity index (χ1) is 15.9. The van der Waals surface area contributed by atoms with Crippen molar-refractivity contribution in [3.63, 3.8) is 0 Å². The Morgan fingerprint density at radius 3 is 2.35 bits per heavy atom. The fraction of sp³-hybridized carbons (Fsp3) is 0.636. The zero-order valence-corrected chi connectivity index (χ0v) is 18.9. The van der Waals surface area contributed by atoms with Crippen molar-refractivity contribution in [1.82, 2.24) is 14.7 Å². The summed E-state index contributed by atoms with van der Waals surface area (Å²) in [5.41, 5.74) is -2.13. The van der Waals surface area contributed by atoms with Crippen LogP contribution in [0.2, 0.25) is 5.15 Å². The van der Waals surface area contributed by atoms with Crippen LogP contribution in [0.5, 0.6) is 0 Å². The predicted octanol–water partition coefficient (Wildman–Crippen LogP) is 4.24. The third kappa shape index (κ3) is 4.87. The molecule has 2 fully saturated rings. The Kier molecular flexibility index (Phi) is 6.58. The molecule has 0 atom stereocenters. The molecule has 6 nitrogen and oxygen atoms in total. The quantitative estimate of drug-likeness (QED) is 0.402. The van der Waals surface area contributed by atoms with Gasteiger partial charge in [-0.15, -0.1) is 0 Å². The molecule has 0 bridgehead atoms. The summed E-state index contributed by atoms with van der Waals surface area (Å²) in [7, 11) is 0. The van der Waals surface area contributed by atoms with E-state index in [1.807, 2.05) is 0 Å². The Morgan fingerprint density at radius 1 is 1.18 bits per heavy atom. The maximum absolute atomic E-state index is 13.8. The molecule has 188 valence electrons. The van der Waals surface area contributed by atoms with E-state index in [-0.39, 0.29) is 79.3 Å². The molecule has 12 heteroatoms. The smallest absolute Gasteiger partial charge is 0.396 e. The van der Waals surface area contributed by atoms with E-state index >= 15 is 0 Å². The number of hydrogen-bond acceptors (Lipinski definition) is 4. The minimum Gasteiger partial charge on any atom is -0.396 e. The summed E-state index contributed by atoms with van der Waals surface area (Å²) in [4.78, 5) is 16.4. The minimum atomic E-state index is -4.78. The van der Waals surface area contributed by atoms with Crippen LogP contribution in [-0.2, 0) is 12.6 Å². The molecule has 1 amide bonds. The van der Waals surface area contributed by atoms with E-state index in [0.29, 0.717) is 12.8 Å². The number of hydrogen-bond donors (Lipinski definition) is 3. The molecule has 2 aromatic rings. The van der Waals surface area contributed by atoms with Gasteiger partial charge in [-0.05, 0) is 50.2 Å². The van der Waals surface area contributed by atoms with E-state index in [0.717, 1.165) is 4.40 Å². The normalized spacial score (nSPS) is 20.9. The maximum atomic E-state index is 13.8. The number of alkyl halides is 5. The average Bonchev–Trinajstić information content (AvgIpc) is 3.11. The summed E-state index contributed by atoms with van der Waals surface area (Å²) < 4.78 is 69.4. The molecule has 2 saturated carbocycles. The molecule has 2 aliphatic rings. The van der Waals surface area contributed by atoms with Crippen LogP contribution in [0, 0.1) is 11.3 Å². The number of carbonyl (C=O) groups is 1. The first-order valence-corrected chi connectivity index (χ1v) is 11.4. The van der Waals surface area contributed by atoms with Crippen LogP contribution >= 0.6 is 11.6 Å². The minimum absolute atomic E-state index is 0.0191. The molecule has 34 heavy (non-hydrogen) atoms. The van der Waals surface area contributed by atoms with E-state index in [1.54, 1.807) is 0 Å². The number of nitrogens with zero attached hydrogens (tertiary/aromatic N) is 2. The molecule has 0 saturated heterocycles. The number of halogens is 6. The lowest BCUT2D eigenvalue weighted by atomic mass is 9.66. The lowest BCUT2D eigenvalue weighted by Crippen LogP contribution is -2.54. The van der Waals surface area contributed by atoms with Gasteiger partial charge in [0, 0.05) is 29.9 Å². The number of imidazole rings is 1. The van der Waals surface area contributed by atoms with Crippen LogP contribution in [0.3, 0.4) is 0 Å². The van der Waals surface area contributed by atoms with Crippen LogP contribution in [0.25, 0.3) is 5.65 Å². The molecule has 0 unspecified atom stereocenters. The molecular weight excluding hydrogens is 485 g/mol. The number of pyridine rings is 1. The maximum Gasteiger partial charge on any atom is 0.435 e. The van der Waals surface area contributed by atoms with Crippen molar-refractivity contribution in [2.24, 2.45) is 11.3 Å². The van der Waals surface area contributed by atoms with Crippen molar-refractivity contribution in [2.45, 2.75) is 63.1 Å². The Balaban J connectivity index is 1.59. The number of aliphatic hydroxyl groups excluding tert-OH is 2. The number of fused-ring (bicyclic) bond motifs is 1. The van der Waals surface area contributed by atoms with Crippen LogP contribution < -0.4 is 5.32 Å². The summed E-state index contributed by atoms with van der Waals surface area (Å²) in [6.07, 6.45) is -4.70. The molecule has 2 heterocycles. The number of rotatable bonds is 6. The summed E-state index contributed by atoms with van der Waals surface area (Å²) in [6.45, 7) is -0.438. The highest BCUT2D eigenvalue weighted by Crippen LogP contribution is 2.41. The monoisotopic (exact) mass is 509 g/mol. The van der Waals surface area contributed by atoms with Crippen LogP contribution in [0.1, 0.15) is 60.3 Å². The summed E-state index contributed by atoms with van der Waals surface area (Å²) in [6, 6.07) is 2.15. The molecule has 4 rings (SSSR count). The topological polar surface area (TPSA) is 86.9 Å². The first-order valence-electron chi connectivity index (χ1n) is 11.0. The number of carbonyl (C=O) groups excluding carboxylic acids is 1.